The average Bonchev–Trinajstić information content (AvgIpc) is 2.63. The molecule has 1 aromatic carbocycles. The van der Waals surface area contributed by atoms with Crippen LogP contribution < -0.4 is 9.47 Å². The highest BCUT2D eigenvalue weighted by atomic mass is 16.5. The molecule has 1 aromatic rings. The first-order valence-electron chi connectivity index (χ1n) is 10.2. The molecular formula is C22H32O7. The lowest BCUT2D eigenvalue weighted by atomic mass is 9.83. The van der Waals surface area contributed by atoms with E-state index in [4.69, 9.17) is 9.47 Å². The van der Waals surface area contributed by atoms with Gasteiger partial charge < -0.3 is 24.8 Å². The molecule has 3 N–H and O–H groups in total. The van der Waals surface area contributed by atoms with Crippen molar-refractivity contribution in [2.45, 2.75) is 77.2 Å². The Labute approximate surface area is 171 Å². The second-order valence-corrected chi connectivity index (χ2v) is 8.25. The summed E-state index contributed by atoms with van der Waals surface area (Å²) in [5, 5.41) is 30.6. The smallest absolute Gasteiger partial charge is 0.303 e. The van der Waals surface area contributed by atoms with Gasteiger partial charge >= 0.3 is 5.97 Å². The zero-order valence-corrected chi connectivity index (χ0v) is 17.7. The topological polar surface area (TPSA) is 113 Å². The molecule has 0 radical (unpaired) electrons. The Bertz CT molecular complexity index is 762. The number of aromatic hydroxyl groups is 1. The number of phenols is 1. The van der Waals surface area contributed by atoms with Crippen LogP contribution >= 0.6 is 0 Å². The van der Waals surface area contributed by atoms with Crippen LogP contribution in [-0.4, -0.2) is 46.4 Å². The third-order valence-electron chi connectivity index (χ3n) is 5.29. The van der Waals surface area contributed by atoms with Gasteiger partial charge in [0.15, 0.2) is 5.78 Å². The number of carbonyl (C=O) groups is 2. The van der Waals surface area contributed by atoms with Gasteiger partial charge in [-0.3, -0.25) is 9.59 Å². The molecule has 7 heteroatoms. The molecule has 0 aliphatic carbocycles. The first-order valence-corrected chi connectivity index (χ1v) is 10.2. The van der Waals surface area contributed by atoms with E-state index in [-0.39, 0.29) is 42.3 Å². The van der Waals surface area contributed by atoms with E-state index in [1.165, 1.54) is 7.11 Å². The lowest BCUT2D eigenvalue weighted by Gasteiger charge is -2.29. The van der Waals surface area contributed by atoms with Crippen LogP contribution in [0.2, 0.25) is 0 Å². The SMILES string of the molecule is CCCCC(CC(=O)O)c1c(O)c2c(c(CCC(C)(C)O)c1OC)OCCC2=O. The van der Waals surface area contributed by atoms with Crippen molar-refractivity contribution in [1.82, 2.24) is 0 Å². The van der Waals surface area contributed by atoms with Gasteiger partial charge in [0.05, 0.1) is 25.7 Å². The van der Waals surface area contributed by atoms with E-state index < -0.39 is 17.5 Å². The summed E-state index contributed by atoms with van der Waals surface area (Å²) in [6.07, 6.45) is 2.92. The minimum Gasteiger partial charge on any atom is -0.507 e. The largest absolute Gasteiger partial charge is 0.507 e. The molecule has 0 saturated heterocycles. The fourth-order valence-electron chi connectivity index (χ4n) is 3.83. The molecule has 7 nitrogen and oxygen atoms in total. The predicted molar refractivity (Wildman–Crippen MR) is 108 cm³/mol. The van der Waals surface area contributed by atoms with E-state index in [1.807, 2.05) is 6.92 Å². The number of carboxylic acid groups (broad SMARTS) is 1. The number of carbonyl (C=O) groups excluding carboxylic acids is 1. The van der Waals surface area contributed by atoms with E-state index >= 15 is 0 Å². The molecule has 1 heterocycles. The summed E-state index contributed by atoms with van der Waals surface area (Å²) in [6, 6.07) is 0. The molecule has 0 spiro atoms. The summed E-state index contributed by atoms with van der Waals surface area (Å²) in [5.74, 6) is -1.32. The van der Waals surface area contributed by atoms with Crippen molar-refractivity contribution in [3.8, 4) is 17.2 Å². The number of methoxy groups -OCH3 is 1. The number of hydrogen-bond acceptors (Lipinski definition) is 6. The van der Waals surface area contributed by atoms with Crippen molar-refractivity contribution in [3.05, 3.63) is 16.7 Å². The molecule has 29 heavy (non-hydrogen) atoms. The van der Waals surface area contributed by atoms with Crippen molar-refractivity contribution >= 4 is 11.8 Å². The quantitative estimate of drug-likeness (QED) is 0.539. The second kappa shape index (κ2) is 9.48. The number of rotatable bonds is 10. The van der Waals surface area contributed by atoms with Gasteiger partial charge in [-0.2, -0.15) is 0 Å². The lowest BCUT2D eigenvalue weighted by molar-refractivity contribution is -0.137. The van der Waals surface area contributed by atoms with Crippen LogP contribution in [0.1, 0.15) is 86.7 Å². The van der Waals surface area contributed by atoms with Crippen LogP contribution in [0.25, 0.3) is 0 Å². The maximum absolute atomic E-state index is 12.6. The zero-order valence-electron chi connectivity index (χ0n) is 17.7. The molecular weight excluding hydrogens is 376 g/mol. The van der Waals surface area contributed by atoms with Gasteiger partial charge in [0.25, 0.3) is 0 Å². The summed E-state index contributed by atoms with van der Waals surface area (Å²) in [5.41, 5.74) is 0.103. The van der Waals surface area contributed by atoms with Crippen molar-refractivity contribution in [1.29, 1.82) is 0 Å². The van der Waals surface area contributed by atoms with Gasteiger partial charge in [-0.1, -0.05) is 19.8 Å². The van der Waals surface area contributed by atoms with E-state index in [9.17, 15) is 24.9 Å². The van der Waals surface area contributed by atoms with Crippen molar-refractivity contribution in [3.63, 3.8) is 0 Å². The van der Waals surface area contributed by atoms with Crippen molar-refractivity contribution in [2.24, 2.45) is 0 Å². The van der Waals surface area contributed by atoms with Crippen LogP contribution in [0.3, 0.4) is 0 Å². The van der Waals surface area contributed by atoms with Gasteiger partial charge in [-0.15, -0.1) is 0 Å². The highest BCUT2D eigenvalue weighted by molar-refractivity contribution is 6.03. The maximum Gasteiger partial charge on any atom is 0.303 e. The summed E-state index contributed by atoms with van der Waals surface area (Å²) < 4.78 is 11.4. The number of carboxylic acids is 1. The van der Waals surface area contributed by atoms with Gasteiger partial charge in [0.2, 0.25) is 0 Å². The summed E-state index contributed by atoms with van der Waals surface area (Å²) in [7, 11) is 1.46. The standard InChI is InChI=1S/C22H32O7/c1-5-6-7-13(12-16(24)25)17-19(26)18-15(23)9-11-29-21(18)14(20(17)28-4)8-10-22(2,3)27/h13,26-27H,5-12H2,1-4H3,(H,24,25). The number of Topliss-reactive ketones (excluding diaryl/α,β-unsaturated/α-hetero) is 1. The Morgan fingerprint density at radius 1 is 1.34 bits per heavy atom. The Balaban J connectivity index is 2.72. The van der Waals surface area contributed by atoms with Crippen LogP contribution in [0.15, 0.2) is 0 Å². The number of benzene rings is 1. The lowest BCUT2D eigenvalue weighted by Crippen LogP contribution is -2.22. The molecule has 1 unspecified atom stereocenters. The van der Waals surface area contributed by atoms with E-state index in [2.05, 4.69) is 0 Å². The molecule has 162 valence electrons. The number of ketones is 1. The van der Waals surface area contributed by atoms with E-state index in [1.54, 1.807) is 13.8 Å². The van der Waals surface area contributed by atoms with Crippen molar-refractivity contribution < 1.29 is 34.4 Å². The second-order valence-electron chi connectivity index (χ2n) is 8.25. The van der Waals surface area contributed by atoms with Gasteiger partial charge in [-0.05, 0) is 33.1 Å². The van der Waals surface area contributed by atoms with Crippen LogP contribution in [0, 0.1) is 0 Å². The molecule has 2 rings (SSSR count). The average molecular weight is 408 g/mol. The number of hydrogen-bond donors (Lipinski definition) is 3. The highest BCUT2D eigenvalue weighted by Crippen LogP contribution is 2.50. The fourth-order valence-corrected chi connectivity index (χ4v) is 3.83. The molecule has 0 saturated carbocycles. The Kier molecular flexibility index (Phi) is 7.52. The number of aliphatic hydroxyl groups is 1. The monoisotopic (exact) mass is 408 g/mol. The molecule has 0 fully saturated rings. The highest BCUT2D eigenvalue weighted by Gasteiger charge is 2.35. The molecule has 0 aromatic heterocycles. The summed E-state index contributed by atoms with van der Waals surface area (Å²) in [4.78, 5) is 24.1. The molecule has 0 bridgehead atoms. The Hall–Kier alpha value is -2.28. The van der Waals surface area contributed by atoms with Crippen LogP contribution in [0.5, 0.6) is 17.2 Å². The fraction of sp³-hybridized carbons (Fsp3) is 0.636. The zero-order chi connectivity index (χ0) is 21.8. The van der Waals surface area contributed by atoms with Gasteiger partial charge in [-0.25, -0.2) is 0 Å². The van der Waals surface area contributed by atoms with Gasteiger partial charge in [0, 0.05) is 23.5 Å². The number of phenolic OH excluding ortho intramolecular Hbond substituents is 1. The van der Waals surface area contributed by atoms with E-state index in [0.717, 1.165) is 12.8 Å². The van der Waals surface area contributed by atoms with Crippen LogP contribution in [-0.2, 0) is 11.2 Å². The third-order valence-corrected chi connectivity index (χ3v) is 5.29. The minimum absolute atomic E-state index is 0.102. The number of aliphatic carboxylic acids is 1. The maximum atomic E-state index is 12.6. The normalized spacial score (nSPS) is 14.9. The first-order chi connectivity index (χ1) is 13.6. The molecule has 1 aliphatic rings. The third kappa shape index (κ3) is 5.41. The van der Waals surface area contributed by atoms with Crippen LogP contribution in [0.4, 0.5) is 0 Å². The molecule has 1 atom stereocenters. The molecule has 1 aliphatic heterocycles. The van der Waals surface area contributed by atoms with E-state index in [0.29, 0.717) is 36.1 Å². The molecule has 0 amide bonds. The summed E-state index contributed by atoms with van der Waals surface area (Å²) >= 11 is 0. The first kappa shape index (κ1) is 23.0. The number of ether oxygens (including phenoxy) is 2. The van der Waals surface area contributed by atoms with Crippen molar-refractivity contribution in [2.75, 3.05) is 13.7 Å². The Morgan fingerprint density at radius 3 is 2.59 bits per heavy atom. The number of fused-ring (bicyclic) bond motifs is 1. The predicted octanol–water partition coefficient (Wildman–Crippen LogP) is 3.82. The minimum atomic E-state index is -0.981. The Morgan fingerprint density at radius 2 is 2.03 bits per heavy atom. The number of unbranched alkanes of at least 4 members (excludes halogenated alkanes) is 1. The summed E-state index contributed by atoms with van der Waals surface area (Å²) in [6.45, 7) is 5.59. The van der Waals surface area contributed by atoms with Gasteiger partial charge in [0.1, 0.15) is 22.8 Å².